The molecule has 1 aromatic heterocycles. The molecule has 2 nitrogen and oxygen atoms in total. The van der Waals surface area contributed by atoms with Gasteiger partial charge in [0.05, 0.1) is 5.56 Å². The predicted molar refractivity (Wildman–Crippen MR) is 102 cm³/mol. The summed E-state index contributed by atoms with van der Waals surface area (Å²) in [5, 5.41) is 0. The highest BCUT2D eigenvalue weighted by molar-refractivity contribution is 5.81. The molecule has 144 valence electrons. The number of alkyl halides is 3. The number of hydrogen-bond acceptors (Lipinski definition) is 2. The summed E-state index contributed by atoms with van der Waals surface area (Å²) in [5.74, 6) is 0.329. The van der Waals surface area contributed by atoms with E-state index in [1.54, 1.807) is 0 Å². The number of hydrogen-bond donors (Lipinski definition) is 0. The molecule has 2 aromatic carbocycles. The molecule has 0 atom stereocenters. The zero-order chi connectivity index (χ0) is 20.2. The number of fused-ring (bicyclic) bond motifs is 1. The molecule has 0 saturated carbocycles. The fourth-order valence-electron chi connectivity index (χ4n) is 2.95. The zero-order valence-corrected chi connectivity index (χ0v) is 16.5. The Labute approximate surface area is 157 Å². The standard InChI is InChI=1S/C22H24F3NO/c1-20(2,3)15-11-16(21(4,5)6)18-17(12-15)26-19(27-18)13-7-9-14(10-8-13)22(23,24)25/h7-12H,1-6H3. The highest BCUT2D eigenvalue weighted by Gasteiger charge is 2.30. The van der Waals surface area contributed by atoms with E-state index in [0.717, 1.165) is 28.8 Å². The molecular weight excluding hydrogens is 351 g/mol. The number of halogens is 3. The largest absolute Gasteiger partial charge is 0.436 e. The van der Waals surface area contributed by atoms with Gasteiger partial charge in [0, 0.05) is 11.1 Å². The van der Waals surface area contributed by atoms with Gasteiger partial charge in [-0.15, -0.1) is 0 Å². The molecule has 5 heteroatoms. The maximum absolute atomic E-state index is 12.8. The molecule has 0 unspecified atom stereocenters. The van der Waals surface area contributed by atoms with Crippen LogP contribution in [-0.2, 0) is 17.0 Å². The summed E-state index contributed by atoms with van der Waals surface area (Å²) in [6, 6.07) is 9.04. The van der Waals surface area contributed by atoms with Crippen molar-refractivity contribution in [3.63, 3.8) is 0 Å². The first kappa shape index (κ1) is 19.5. The van der Waals surface area contributed by atoms with Crippen molar-refractivity contribution in [2.75, 3.05) is 0 Å². The van der Waals surface area contributed by atoms with Crippen LogP contribution in [-0.4, -0.2) is 4.98 Å². The lowest BCUT2D eigenvalue weighted by atomic mass is 9.80. The van der Waals surface area contributed by atoms with Gasteiger partial charge in [-0.05, 0) is 46.7 Å². The molecule has 0 bridgehead atoms. The molecule has 3 rings (SSSR count). The van der Waals surface area contributed by atoms with Crippen LogP contribution in [0.25, 0.3) is 22.6 Å². The molecule has 0 aliphatic carbocycles. The van der Waals surface area contributed by atoms with Crippen LogP contribution in [0.1, 0.15) is 58.2 Å². The van der Waals surface area contributed by atoms with Crippen molar-refractivity contribution in [1.82, 2.24) is 4.98 Å². The number of nitrogens with zero attached hydrogens (tertiary/aromatic N) is 1. The summed E-state index contributed by atoms with van der Waals surface area (Å²) in [7, 11) is 0. The van der Waals surface area contributed by atoms with Crippen molar-refractivity contribution in [3.05, 3.63) is 53.1 Å². The molecule has 0 spiro atoms. The average Bonchev–Trinajstić information content (AvgIpc) is 2.95. The van der Waals surface area contributed by atoms with Crippen molar-refractivity contribution < 1.29 is 17.6 Å². The Kier molecular flexibility index (Phi) is 4.41. The maximum atomic E-state index is 12.8. The van der Waals surface area contributed by atoms with Crippen LogP contribution >= 0.6 is 0 Å². The van der Waals surface area contributed by atoms with E-state index in [1.165, 1.54) is 12.1 Å². The van der Waals surface area contributed by atoms with Gasteiger partial charge in [-0.25, -0.2) is 4.98 Å². The van der Waals surface area contributed by atoms with Gasteiger partial charge in [0.25, 0.3) is 0 Å². The van der Waals surface area contributed by atoms with Crippen LogP contribution in [0.4, 0.5) is 13.2 Å². The van der Waals surface area contributed by atoms with Gasteiger partial charge < -0.3 is 4.42 Å². The van der Waals surface area contributed by atoms with Gasteiger partial charge in [-0.3, -0.25) is 0 Å². The first-order valence-corrected chi connectivity index (χ1v) is 8.90. The molecule has 3 aromatic rings. The molecule has 0 saturated heterocycles. The third kappa shape index (κ3) is 3.87. The van der Waals surface area contributed by atoms with Crippen molar-refractivity contribution in [2.24, 2.45) is 0 Å². The fourth-order valence-corrected chi connectivity index (χ4v) is 2.95. The normalized spacial score (nSPS) is 13.4. The van der Waals surface area contributed by atoms with E-state index in [9.17, 15) is 13.2 Å². The highest BCUT2D eigenvalue weighted by atomic mass is 19.4. The highest BCUT2D eigenvalue weighted by Crippen LogP contribution is 2.37. The van der Waals surface area contributed by atoms with Crippen LogP contribution in [0.3, 0.4) is 0 Å². The summed E-state index contributed by atoms with van der Waals surface area (Å²) in [4.78, 5) is 4.58. The zero-order valence-electron chi connectivity index (χ0n) is 16.5. The van der Waals surface area contributed by atoms with Gasteiger partial charge in [-0.1, -0.05) is 47.6 Å². The van der Waals surface area contributed by atoms with Gasteiger partial charge in [0.15, 0.2) is 5.58 Å². The van der Waals surface area contributed by atoms with Crippen molar-refractivity contribution in [2.45, 2.75) is 58.5 Å². The van der Waals surface area contributed by atoms with Gasteiger partial charge >= 0.3 is 6.18 Å². The topological polar surface area (TPSA) is 26.0 Å². The quantitative estimate of drug-likeness (QED) is 0.453. The maximum Gasteiger partial charge on any atom is 0.416 e. The number of oxazole rings is 1. The lowest BCUT2D eigenvalue weighted by molar-refractivity contribution is -0.137. The fraction of sp³-hybridized carbons (Fsp3) is 0.409. The summed E-state index contributed by atoms with van der Waals surface area (Å²) < 4.78 is 44.4. The number of rotatable bonds is 1. The Morgan fingerprint density at radius 1 is 0.778 bits per heavy atom. The second kappa shape index (κ2) is 6.11. The molecule has 0 amide bonds. The number of aromatic nitrogens is 1. The van der Waals surface area contributed by atoms with Crippen LogP contribution in [0.2, 0.25) is 0 Å². The monoisotopic (exact) mass is 375 g/mol. The molecule has 27 heavy (non-hydrogen) atoms. The van der Waals surface area contributed by atoms with Crippen LogP contribution in [0.15, 0.2) is 40.8 Å². The minimum absolute atomic E-state index is 0.0539. The summed E-state index contributed by atoms with van der Waals surface area (Å²) in [6.07, 6.45) is -4.36. The Bertz CT molecular complexity index is 968. The third-order valence-corrected chi connectivity index (χ3v) is 4.62. The SMILES string of the molecule is CC(C)(C)c1cc(C(C)(C)C)c2oc(-c3ccc(C(F)(F)F)cc3)nc2c1. The van der Waals surface area contributed by atoms with Crippen LogP contribution < -0.4 is 0 Å². The van der Waals surface area contributed by atoms with E-state index in [2.05, 4.69) is 52.6 Å². The lowest BCUT2D eigenvalue weighted by Crippen LogP contribution is -2.16. The minimum Gasteiger partial charge on any atom is -0.436 e. The molecule has 0 aliphatic rings. The summed E-state index contributed by atoms with van der Waals surface area (Å²) in [6.45, 7) is 12.7. The molecule has 1 heterocycles. The number of benzene rings is 2. The van der Waals surface area contributed by atoms with Crippen molar-refractivity contribution >= 4 is 11.1 Å². The van der Waals surface area contributed by atoms with Gasteiger partial charge in [0.2, 0.25) is 5.89 Å². The van der Waals surface area contributed by atoms with Gasteiger partial charge in [0.1, 0.15) is 5.52 Å². The van der Waals surface area contributed by atoms with E-state index in [1.807, 2.05) is 6.07 Å². The van der Waals surface area contributed by atoms with Crippen LogP contribution in [0.5, 0.6) is 0 Å². The third-order valence-electron chi connectivity index (χ3n) is 4.62. The Balaban J connectivity index is 2.17. The molecule has 0 aliphatic heterocycles. The van der Waals surface area contributed by atoms with Gasteiger partial charge in [-0.2, -0.15) is 13.2 Å². The average molecular weight is 375 g/mol. The second-order valence-corrected chi connectivity index (χ2v) is 8.97. The van der Waals surface area contributed by atoms with E-state index in [0.29, 0.717) is 17.0 Å². The van der Waals surface area contributed by atoms with E-state index < -0.39 is 11.7 Å². The molecular formula is C22H24F3NO. The first-order valence-electron chi connectivity index (χ1n) is 8.90. The Morgan fingerprint density at radius 3 is 1.85 bits per heavy atom. The Hall–Kier alpha value is -2.30. The van der Waals surface area contributed by atoms with Crippen LogP contribution in [0, 0.1) is 0 Å². The second-order valence-electron chi connectivity index (χ2n) is 8.97. The molecule has 0 fully saturated rings. The molecule has 0 N–H and O–H groups in total. The first-order chi connectivity index (χ1) is 12.3. The van der Waals surface area contributed by atoms with E-state index in [4.69, 9.17) is 4.42 Å². The predicted octanol–water partition coefficient (Wildman–Crippen LogP) is 7.11. The van der Waals surface area contributed by atoms with E-state index in [-0.39, 0.29) is 10.8 Å². The lowest BCUT2D eigenvalue weighted by Gasteiger charge is -2.24. The summed E-state index contributed by atoms with van der Waals surface area (Å²) in [5.41, 5.74) is 3.22. The molecule has 0 radical (unpaired) electrons. The van der Waals surface area contributed by atoms with Crippen molar-refractivity contribution in [3.8, 4) is 11.5 Å². The summed E-state index contributed by atoms with van der Waals surface area (Å²) >= 11 is 0. The van der Waals surface area contributed by atoms with E-state index >= 15 is 0 Å². The minimum atomic E-state index is -4.36. The Morgan fingerprint density at radius 2 is 1.37 bits per heavy atom. The van der Waals surface area contributed by atoms with Crippen molar-refractivity contribution in [1.29, 1.82) is 0 Å². The smallest absolute Gasteiger partial charge is 0.416 e.